The van der Waals surface area contributed by atoms with E-state index in [4.69, 9.17) is 34.0 Å². The zero-order valence-corrected chi connectivity index (χ0v) is 19.7. The average molecular weight is 470 g/mol. The van der Waals surface area contributed by atoms with Crippen LogP contribution in [0.25, 0.3) is 11.1 Å². The largest absolute Gasteiger partial charge is 0.480 e. The zero-order chi connectivity index (χ0) is 22.1. The van der Waals surface area contributed by atoms with Gasteiger partial charge in [0.25, 0.3) is 0 Å². The summed E-state index contributed by atoms with van der Waals surface area (Å²) in [6.07, 6.45) is 8.49. The second kappa shape index (κ2) is 11.9. The SMILES string of the molecule is CC.NC(CCSCCC1(c2ncc(-c3ccc(Cl)cc3Cl)cn2)CCC1)C(=O)O. The van der Waals surface area contributed by atoms with Gasteiger partial charge < -0.3 is 10.8 Å². The fourth-order valence-electron chi connectivity index (χ4n) is 3.36. The molecule has 1 aliphatic rings. The van der Waals surface area contributed by atoms with Gasteiger partial charge in [-0.25, -0.2) is 9.97 Å². The van der Waals surface area contributed by atoms with Crippen LogP contribution < -0.4 is 5.73 Å². The quantitative estimate of drug-likeness (QED) is 0.449. The summed E-state index contributed by atoms with van der Waals surface area (Å²) in [5.74, 6) is 1.64. The first-order valence-corrected chi connectivity index (χ1v) is 12.2. The van der Waals surface area contributed by atoms with E-state index in [0.717, 1.165) is 47.7 Å². The Morgan fingerprint density at radius 3 is 2.43 bits per heavy atom. The number of carboxylic acid groups (broad SMARTS) is 1. The van der Waals surface area contributed by atoms with Gasteiger partial charge in [-0.05, 0) is 49.3 Å². The Hall–Kier alpha value is -1.34. The van der Waals surface area contributed by atoms with Gasteiger partial charge in [0, 0.05) is 39.0 Å². The lowest BCUT2D eigenvalue weighted by molar-refractivity contribution is -0.138. The minimum atomic E-state index is -0.939. The summed E-state index contributed by atoms with van der Waals surface area (Å²) in [5, 5.41) is 10.0. The molecule has 0 radical (unpaired) electrons. The fourth-order valence-corrected chi connectivity index (χ4v) is 5.03. The van der Waals surface area contributed by atoms with E-state index in [2.05, 4.69) is 9.97 Å². The molecule has 1 atom stereocenters. The second-order valence-corrected chi connectivity index (χ2v) is 9.22. The van der Waals surface area contributed by atoms with Crippen molar-refractivity contribution < 1.29 is 9.90 Å². The second-order valence-electron chi connectivity index (χ2n) is 7.15. The molecule has 0 saturated heterocycles. The third-order valence-corrected chi connectivity index (χ3v) is 6.86. The third-order valence-electron chi connectivity index (χ3n) is 5.29. The fraction of sp³-hybridized carbons (Fsp3) is 0.500. The van der Waals surface area contributed by atoms with E-state index in [1.807, 2.05) is 32.3 Å². The van der Waals surface area contributed by atoms with Crippen molar-refractivity contribution in [2.45, 2.75) is 57.4 Å². The van der Waals surface area contributed by atoms with E-state index < -0.39 is 12.0 Å². The Bertz CT molecular complexity index is 830. The van der Waals surface area contributed by atoms with E-state index in [1.54, 1.807) is 23.9 Å². The first kappa shape index (κ1) is 24.9. The van der Waals surface area contributed by atoms with Crippen molar-refractivity contribution in [2.75, 3.05) is 11.5 Å². The predicted molar refractivity (Wildman–Crippen MR) is 127 cm³/mol. The summed E-state index contributed by atoms with van der Waals surface area (Å²) in [6.45, 7) is 4.00. The Morgan fingerprint density at radius 2 is 1.90 bits per heavy atom. The highest BCUT2D eigenvalue weighted by molar-refractivity contribution is 7.99. The summed E-state index contributed by atoms with van der Waals surface area (Å²) in [4.78, 5) is 20.1. The lowest BCUT2D eigenvalue weighted by atomic mass is 9.66. The summed E-state index contributed by atoms with van der Waals surface area (Å²) < 4.78 is 0. The third kappa shape index (κ3) is 6.33. The first-order valence-electron chi connectivity index (χ1n) is 10.3. The maximum absolute atomic E-state index is 10.8. The molecule has 5 nitrogen and oxygen atoms in total. The summed E-state index contributed by atoms with van der Waals surface area (Å²) in [6, 6.07) is 4.62. The van der Waals surface area contributed by atoms with Gasteiger partial charge >= 0.3 is 5.97 Å². The summed E-state index contributed by atoms with van der Waals surface area (Å²) in [5.41, 5.74) is 7.31. The van der Waals surface area contributed by atoms with Gasteiger partial charge in [-0.15, -0.1) is 0 Å². The molecular formula is C22H29Cl2N3O2S. The number of thioether (sulfide) groups is 1. The molecule has 1 saturated carbocycles. The highest BCUT2D eigenvalue weighted by Gasteiger charge is 2.40. The van der Waals surface area contributed by atoms with E-state index in [0.29, 0.717) is 16.5 Å². The van der Waals surface area contributed by atoms with Crippen LogP contribution in [0.3, 0.4) is 0 Å². The number of carboxylic acids is 1. The number of rotatable bonds is 9. The standard InChI is InChI=1S/C20H23Cl2N3O2S.C2H6/c21-14-2-3-15(16(22)10-14)13-11-24-19(25-12-13)20(5-1-6-20)7-9-28-8-4-17(23)18(26)27;1-2/h2-3,10-12,17H,1,4-9,23H2,(H,26,27);1-2H3. The number of aromatic nitrogens is 2. The first-order chi connectivity index (χ1) is 14.4. The predicted octanol–water partition coefficient (Wildman–Crippen LogP) is 5.82. The highest BCUT2D eigenvalue weighted by atomic mass is 35.5. The van der Waals surface area contributed by atoms with Crippen molar-refractivity contribution in [1.82, 2.24) is 9.97 Å². The number of aliphatic carboxylic acids is 1. The molecule has 30 heavy (non-hydrogen) atoms. The normalized spacial score (nSPS) is 15.5. The molecule has 1 unspecified atom stereocenters. The lowest BCUT2D eigenvalue weighted by Crippen LogP contribution is -2.36. The lowest BCUT2D eigenvalue weighted by Gasteiger charge is -2.40. The number of nitrogens with two attached hydrogens (primary N) is 1. The number of carbonyl (C=O) groups is 1. The van der Waals surface area contributed by atoms with E-state index >= 15 is 0 Å². The van der Waals surface area contributed by atoms with E-state index in [-0.39, 0.29) is 5.41 Å². The number of hydrogen-bond donors (Lipinski definition) is 2. The van der Waals surface area contributed by atoms with Crippen LogP contribution in [0.1, 0.15) is 51.8 Å². The van der Waals surface area contributed by atoms with Crippen molar-refractivity contribution in [3.63, 3.8) is 0 Å². The molecule has 0 amide bonds. The molecule has 1 aromatic carbocycles. The molecule has 0 bridgehead atoms. The number of nitrogens with zero attached hydrogens (tertiary/aromatic N) is 2. The number of halogens is 2. The van der Waals surface area contributed by atoms with Gasteiger partial charge in [-0.1, -0.05) is 49.5 Å². The maximum Gasteiger partial charge on any atom is 0.320 e. The molecule has 1 heterocycles. The minimum absolute atomic E-state index is 0.0320. The molecule has 0 aliphatic heterocycles. The van der Waals surface area contributed by atoms with Gasteiger partial charge in [0.2, 0.25) is 0 Å². The Balaban J connectivity index is 0.00000155. The monoisotopic (exact) mass is 469 g/mol. The van der Waals surface area contributed by atoms with Crippen molar-refractivity contribution >= 4 is 40.9 Å². The maximum atomic E-state index is 10.8. The summed E-state index contributed by atoms with van der Waals surface area (Å²) in [7, 11) is 0. The van der Waals surface area contributed by atoms with Gasteiger partial charge in [0.1, 0.15) is 11.9 Å². The number of benzene rings is 1. The Kier molecular flexibility index (Phi) is 9.88. The van der Waals surface area contributed by atoms with Crippen LogP contribution in [-0.4, -0.2) is 38.6 Å². The van der Waals surface area contributed by atoms with Crippen LogP contribution in [0.5, 0.6) is 0 Å². The van der Waals surface area contributed by atoms with Crippen LogP contribution in [-0.2, 0) is 10.2 Å². The number of hydrogen-bond acceptors (Lipinski definition) is 5. The van der Waals surface area contributed by atoms with Gasteiger partial charge in [-0.3, -0.25) is 4.79 Å². The Morgan fingerprint density at radius 1 is 1.23 bits per heavy atom. The Labute approximate surface area is 192 Å². The van der Waals surface area contributed by atoms with Crippen molar-refractivity contribution in [1.29, 1.82) is 0 Å². The molecule has 1 aromatic heterocycles. The molecule has 1 aliphatic carbocycles. The molecule has 3 N–H and O–H groups in total. The van der Waals surface area contributed by atoms with Crippen molar-refractivity contribution in [3.8, 4) is 11.1 Å². The molecule has 8 heteroatoms. The molecule has 0 spiro atoms. The smallest absolute Gasteiger partial charge is 0.320 e. The van der Waals surface area contributed by atoms with Crippen LogP contribution in [0.2, 0.25) is 10.0 Å². The van der Waals surface area contributed by atoms with Gasteiger partial charge in [0.05, 0.1) is 0 Å². The molecule has 2 aromatic rings. The van der Waals surface area contributed by atoms with Gasteiger partial charge in [-0.2, -0.15) is 11.8 Å². The van der Waals surface area contributed by atoms with Crippen LogP contribution >= 0.6 is 35.0 Å². The van der Waals surface area contributed by atoms with Crippen LogP contribution in [0, 0.1) is 0 Å². The molecule has 3 rings (SSSR count). The van der Waals surface area contributed by atoms with E-state index in [1.165, 1.54) is 6.42 Å². The minimum Gasteiger partial charge on any atom is -0.480 e. The van der Waals surface area contributed by atoms with Crippen LogP contribution in [0.4, 0.5) is 0 Å². The van der Waals surface area contributed by atoms with Crippen LogP contribution in [0.15, 0.2) is 30.6 Å². The summed E-state index contributed by atoms with van der Waals surface area (Å²) >= 11 is 14.0. The van der Waals surface area contributed by atoms with Crippen molar-refractivity contribution in [2.24, 2.45) is 5.73 Å². The molecular weight excluding hydrogens is 441 g/mol. The molecule has 164 valence electrons. The average Bonchev–Trinajstić information content (AvgIpc) is 2.71. The topological polar surface area (TPSA) is 89.1 Å². The zero-order valence-electron chi connectivity index (χ0n) is 17.4. The highest BCUT2D eigenvalue weighted by Crippen LogP contribution is 2.45. The molecule has 1 fully saturated rings. The van der Waals surface area contributed by atoms with Gasteiger partial charge in [0.15, 0.2) is 0 Å². The van der Waals surface area contributed by atoms with Crippen molar-refractivity contribution in [3.05, 3.63) is 46.5 Å². The van der Waals surface area contributed by atoms with E-state index in [9.17, 15) is 4.79 Å².